The van der Waals surface area contributed by atoms with Crippen LogP contribution in [0.5, 0.6) is 0 Å². The molecule has 2 aromatic rings. The Morgan fingerprint density at radius 2 is 1.79 bits per heavy atom. The summed E-state index contributed by atoms with van der Waals surface area (Å²) < 4.78 is 9.83. The Kier molecular flexibility index (Phi) is 7.70. The molecule has 0 aliphatic heterocycles. The van der Waals surface area contributed by atoms with Gasteiger partial charge in [0, 0.05) is 11.8 Å². The van der Waals surface area contributed by atoms with E-state index in [1.54, 1.807) is 13.0 Å². The molecule has 148 valence electrons. The first-order chi connectivity index (χ1) is 13.4. The standard InChI is InChI=1S/C19H20N2O6S/c1-3-26-19(25)14-9-15(13-7-5-4-6-8-13)28-18(14)21-16(23)11-27-17(24)10-20-12(2)22/h4-9H,3,10-11H2,1-2H3,(H,20,22)(H,21,23). The molecular weight excluding hydrogens is 384 g/mol. The van der Waals surface area contributed by atoms with Crippen LogP contribution in [0.2, 0.25) is 0 Å². The zero-order chi connectivity index (χ0) is 20.5. The van der Waals surface area contributed by atoms with Gasteiger partial charge in [-0.1, -0.05) is 30.3 Å². The lowest BCUT2D eigenvalue weighted by Gasteiger charge is -2.07. The summed E-state index contributed by atoms with van der Waals surface area (Å²) in [5, 5.41) is 5.15. The van der Waals surface area contributed by atoms with Crippen molar-refractivity contribution >= 4 is 40.1 Å². The van der Waals surface area contributed by atoms with Crippen LogP contribution in [0.15, 0.2) is 36.4 Å². The third-order valence-electron chi connectivity index (χ3n) is 3.38. The first-order valence-corrected chi connectivity index (χ1v) is 9.28. The molecule has 8 nitrogen and oxygen atoms in total. The van der Waals surface area contributed by atoms with Gasteiger partial charge in [-0.2, -0.15) is 0 Å². The molecule has 0 saturated carbocycles. The summed E-state index contributed by atoms with van der Waals surface area (Å²) >= 11 is 1.21. The summed E-state index contributed by atoms with van der Waals surface area (Å²) in [6.45, 7) is 2.28. The topological polar surface area (TPSA) is 111 Å². The van der Waals surface area contributed by atoms with Crippen LogP contribution in [0.3, 0.4) is 0 Å². The minimum absolute atomic E-state index is 0.198. The second-order valence-corrected chi connectivity index (χ2v) is 6.61. The van der Waals surface area contributed by atoms with Crippen molar-refractivity contribution in [2.45, 2.75) is 13.8 Å². The van der Waals surface area contributed by atoms with Crippen LogP contribution in [0.4, 0.5) is 5.00 Å². The van der Waals surface area contributed by atoms with E-state index < -0.39 is 24.5 Å². The van der Waals surface area contributed by atoms with E-state index in [4.69, 9.17) is 9.47 Å². The van der Waals surface area contributed by atoms with Gasteiger partial charge in [-0.05, 0) is 18.6 Å². The molecule has 0 radical (unpaired) electrons. The highest BCUT2D eigenvalue weighted by molar-refractivity contribution is 7.20. The largest absolute Gasteiger partial charge is 0.462 e. The van der Waals surface area contributed by atoms with E-state index in [1.165, 1.54) is 18.3 Å². The van der Waals surface area contributed by atoms with Crippen LogP contribution >= 0.6 is 11.3 Å². The molecule has 1 aromatic heterocycles. The summed E-state index contributed by atoms with van der Waals surface area (Å²) in [6, 6.07) is 11.0. The molecular formula is C19H20N2O6S. The molecule has 0 fully saturated rings. The third kappa shape index (κ3) is 6.20. The molecule has 1 heterocycles. The maximum Gasteiger partial charge on any atom is 0.341 e. The van der Waals surface area contributed by atoms with Gasteiger partial charge in [0.2, 0.25) is 5.91 Å². The van der Waals surface area contributed by atoms with Gasteiger partial charge in [0.1, 0.15) is 11.5 Å². The van der Waals surface area contributed by atoms with Crippen LogP contribution in [0.1, 0.15) is 24.2 Å². The number of thiophene rings is 1. The van der Waals surface area contributed by atoms with Crippen molar-refractivity contribution in [3.63, 3.8) is 0 Å². The molecule has 1 aromatic carbocycles. The van der Waals surface area contributed by atoms with E-state index in [9.17, 15) is 19.2 Å². The van der Waals surface area contributed by atoms with Crippen molar-refractivity contribution in [2.75, 3.05) is 25.1 Å². The van der Waals surface area contributed by atoms with Crippen molar-refractivity contribution in [2.24, 2.45) is 0 Å². The number of carbonyl (C=O) groups is 4. The van der Waals surface area contributed by atoms with Crippen LogP contribution < -0.4 is 10.6 Å². The molecule has 9 heteroatoms. The number of hydrogen-bond donors (Lipinski definition) is 2. The number of rotatable bonds is 8. The van der Waals surface area contributed by atoms with Gasteiger partial charge in [0.05, 0.1) is 12.2 Å². The average Bonchev–Trinajstić information content (AvgIpc) is 3.09. The molecule has 2 N–H and O–H groups in total. The average molecular weight is 404 g/mol. The molecule has 0 spiro atoms. The molecule has 2 rings (SSSR count). The van der Waals surface area contributed by atoms with Gasteiger partial charge in [0.15, 0.2) is 6.61 Å². The normalized spacial score (nSPS) is 10.1. The van der Waals surface area contributed by atoms with E-state index in [2.05, 4.69) is 10.6 Å². The Hall–Kier alpha value is -3.20. The zero-order valence-electron chi connectivity index (χ0n) is 15.4. The van der Waals surface area contributed by atoms with E-state index in [0.717, 1.165) is 10.4 Å². The van der Waals surface area contributed by atoms with Crippen molar-refractivity contribution in [3.05, 3.63) is 42.0 Å². The number of esters is 2. The minimum atomic E-state index is -0.743. The fraction of sp³-hybridized carbons (Fsp3) is 0.263. The van der Waals surface area contributed by atoms with E-state index >= 15 is 0 Å². The fourth-order valence-electron chi connectivity index (χ4n) is 2.15. The van der Waals surface area contributed by atoms with Crippen LogP contribution in [0.25, 0.3) is 10.4 Å². The highest BCUT2D eigenvalue weighted by Crippen LogP contribution is 2.35. The quantitative estimate of drug-likeness (QED) is 0.653. The highest BCUT2D eigenvalue weighted by Gasteiger charge is 2.20. The lowest BCUT2D eigenvalue weighted by atomic mass is 10.1. The predicted octanol–water partition coefficient (Wildman–Crippen LogP) is 2.21. The van der Waals surface area contributed by atoms with Gasteiger partial charge in [-0.25, -0.2) is 4.79 Å². The Morgan fingerprint density at radius 3 is 2.43 bits per heavy atom. The lowest BCUT2D eigenvalue weighted by molar-refractivity contribution is -0.147. The maximum atomic E-state index is 12.2. The van der Waals surface area contributed by atoms with Gasteiger partial charge >= 0.3 is 11.9 Å². The van der Waals surface area contributed by atoms with Crippen molar-refractivity contribution < 1.29 is 28.7 Å². The first-order valence-electron chi connectivity index (χ1n) is 8.47. The molecule has 0 unspecified atom stereocenters. The molecule has 2 amide bonds. The molecule has 0 aliphatic carbocycles. The highest BCUT2D eigenvalue weighted by atomic mass is 32.1. The van der Waals surface area contributed by atoms with Crippen molar-refractivity contribution in [1.29, 1.82) is 0 Å². The Morgan fingerprint density at radius 1 is 1.07 bits per heavy atom. The SMILES string of the molecule is CCOC(=O)c1cc(-c2ccccc2)sc1NC(=O)COC(=O)CNC(C)=O. The number of anilines is 1. The Bertz CT molecular complexity index is 863. The molecule has 0 saturated heterocycles. The Balaban J connectivity index is 2.09. The van der Waals surface area contributed by atoms with E-state index in [-0.39, 0.29) is 24.6 Å². The number of ether oxygens (including phenoxy) is 2. The van der Waals surface area contributed by atoms with Crippen molar-refractivity contribution in [3.8, 4) is 10.4 Å². The number of hydrogen-bond acceptors (Lipinski definition) is 7. The lowest BCUT2D eigenvalue weighted by Crippen LogP contribution is -2.30. The van der Waals surface area contributed by atoms with E-state index in [1.807, 2.05) is 30.3 Å². The number of benzene rings is 1. The smallest absolute Gasteiger partial charge is 0.341 e. The summed E-state index contributed by atoms with van der Waals surface area (Å²) in [5.41, 5.74) is 1.11. The fourth-order valence-corrected chi connectivity index (χ4v) is 3.21. The summed E-state index contributed by atoms with van der Waals surface area (Å²) in [5.74, 6) is -2.29. The van der Waals surface area contributed by atoms with Crippen LogP contribution in [-0.2, 0) is 23.9 Å². The molecule has 28 heavy (non-hydrogen) atoms. The van der Waals surface area contributed by atoms with Gasteiger partial charge in [-0.15, -0.1) is 11.3 Å². The zero-order valence-corrected chi connectivity index (χ0v) is 16.3. The summed E-state index contributed by atoms with van der Waals surface area (Å²) in [7, 11) is 0. The minimum Gasteiger partial charge on any atom is -0.462 e. The second-order valence-electron chi connectivity index (χ2n) is 5.56. The van der Waals surface area contributed by atoms with Crippen LogP contribution in [-0.4, -0.2) is 43.5 Å². The van der Waals surface area contributed by atoms with Crippen molar-refractivity contribution in [1.82, 2.24) is 5.32 Å². The molecule has 0 bridgehead atoms. The number of carbonyl (C=O) groups excluding carboxylic acids is 4. The van der Waals surface area contributed by atoms with E-state index in [0.29, 0.717) is 5.00 Å². The Labute approximate surface area is 165 Å². The summed E-state index contributed by atoms with van der Waals surface area (Å²) in [6.07, 6.45) is 0. The number of amides is 2. The monoisotopic (exact) mass is 404 g/mol. The predicted molar refractivity (Wildman–Crippen MR) is 104 cm³/mol. The molecule has 0 atom stereocenters. The third-order valence-corrected chi connectivity index (χ3v) is 4.48. The van der Waals surface area contributed by atoms with Gasteiger partial charge in [0.25, 0.3) is 5.91 Å². The molecule has 0 aliphatic rings. The van der Waals surface area contributed by atoms with Crippen LogP contribution in [0, 0.1) is 0 Å². The van der Waals surface area contributed by atoms with Gasteiger partial charge < -0.3 is 20.1 Å². The first kappa shape index (κ1) is 21.1. The second kappa shape index (κ2) is 10.2. The van der Waals surface area contributed by atoms with Gasteiger partial charge in [-0.3, -0.25) is 14.4 Å². The number of nitrogens with one attached hydrogen (secondary N) is 2. The maximum absolute atomic E-state index is 12.2. The summed E-state index contributed by atoms with van der Waals surface area (Å²) in [4.78, 5) is 47.3.